The van der Waals surface area contributed by atoms with Gasteiger partial charge in [0.25, 0.3) is 0 Å². The Labute approximate surface area is 203 Å². The van der Waals surface area contributed by atoms with Crippen molar-refractivity contribution >= 4 is 10.0 Å². The molecule has 7 atom stereocenters. The number of alkyl halides is 7. The van der Waals surface area contributed by atoms with Gasteiger partial charge in [0.1, 0.15) is 6.17 Å². The number of rotatable bonds is 7. The molecule has 0 aromatic rings. The molecule has 35 heavy (non-hydrogen) atoms. The van der Waals surface area contributed by atoms with E-state index in [1.165, 1.54) is 4.31 Å². The van der Waals surface area contributed by atoms with E-state index in [0.29, 0.717) is 19.3 Å². The number of ether oxygens (including phenoxy) is 1. The van der Waals surface area contributed by atoms with Crippen molar-refractivity contribution in [2.24, 2.45) is 17.8 Å². The van der Waals surface area contributed by atoms with E-state index in [2.05, 4.69) is 0 Å². The summed E-state index contributed by atoms with van der Waals surface area (Å²) in [6.07, 6.45) is -9.27. The molecule has 3 fully saturated rings. The van der Waals surface area contributed by atoms with E-state index >= 15 is 0 Å². The van der Waals surface area contributed by atoms with Gasteiger partial charge in [-0.1, -0.05) is 13.3 Å². The predicted molar refractivity (Wildman–Crippen MR) is 117 cm³/mol. The summed E-state index contributed by atoms with van der Waals surface area (Å²) in [7, 11) is -3.99. The molecule has 3 aliphatic rings. The molecular formula is C23H36F7NO3S. The lowest BCUT2D eigenvalue weighted by molar-refractivity contribution is -0.212. The smallest absolute Gasteiger partial charge is 0.378 e. The van der Waals surface area contributed by atoms with Gasteiger partial charge in [-0.2, -0.15) is 30.6 Å². The van der Waals surface area contributed by atoms with E-state index in [1.54, 1.807) is 6.92 Å². The number of halogens is 7. The topological polar surface area (TPSA) is 46.6 Å². The quantitative estimate of drug-likeness (QED) is 0.352. The zero-order valence-corrected chi connectivity index (χ0v) is 20.8. The van der Waals surface area contributed by atoms with Crippen LogP contribution in [0.25, 0.3) is 0 Å². The largest absolute Gasteiger partial charge is 0.392 e. The predicted octanol–water partition coefficient (Wildman–Crippen LogP) is 6.40. The van der Waals surface area contributed by atoms with Crippen molar-refractivity contribution in [2.45, 2.75) is 113 Å². The molecule has 206 valence electrons. The van der Waals surface area contributed by atoms with Crippen LogP contribution >= 0.6 is 0 Å². The van der Waals surface area contributed by atoms with Gasteiger partial charge in [0.2, 0.25) is 10.0 Å². The normalized spacial score (nSPS) is 35.9. The molecular weight excluding hydrogens is 503 g/mol. The zero-order chi connectivity index (χ0) is 26.0. The molecule has 0 N–H and O–H groups in total. The van der Waals surface area contributed by atoms with Crippen molar-refractivity contribution in [1.29, 1.82) is 0 Å². The van der Waals surface area contributed by atoms with Crippen LogP contribution in [0.3, 0.4) is 0 Å². The lowest BCUT2D eigenvalue weighted by Gasteiger charge is -2.40. The van der Waals surface area contributed by atoms with Crippen LogP contribution in [0.2, 0.25) is 0 Å². The number of hydrogen-bond acceptors (Lipinski definition) is 3. The van der Waals surface area contributed by atoms with Gasteiger partial charge in [-0.25, -0.2) is 12.8 Å². The molecule has 0 saturated heterocycles. The average molecular weight is 540 g/mol. The minimum absolute atomic E-state index is 0.0655. The van der Waals surface area contributed by atoms with Crippen molar-refractivity contribution in [2.75, 3.05) is 13.2 Å². The second-order valence-corrected chi connectivity index (χ2v) is 12.5. The Kier molecular flexibility index (Phi) is 9.44. The van der Waals surface area contributed by atoms with Gasteiger partial charge in [-0.15, -0.1) is 0 Å². The molecule has 0 aromatic carbocycles. The molecule has 3 aliphatic carbocycles. The van der Waals surface area contributed by atoms with E-state index in [9.17, 15) is 39.2 Å². The van der Waals surface area contributed by atoms with Gasteiger partial charge in [-0.05, 0) is 64.2 Å². The highest BCUT2D eigenvalue weighted by Crippen LogP contribution is 2.44. The monoisotopic (exact) mass is 539 g/mol. The third kappa shape index (κ3) is 7.03. The Bertz CT molecular complexity index is 789. The molecule has 7 unspecified atom stereocenters. The number of hydrogen-bond donors (Lipinski definition) is 0. The summed E-state index contributed by atoms with van der Waals surface area (Å²) in [5, 5.41) is -1.11. The third-order valence-electron chi connectivity index (χ3n) is 8.08. The molecule has 4 nitrogen and oxygen atoms in total. The number of nitrogens with zero attached hydrogens (tertiary/aromatic N) is 1. The van der Waals surface area contributed by atoms with Crippen LogP contribution in [0.4, 0.5) is 30.7 Å². The fourth-order valence-corrected chi connectivity index (χ4v) is 8.46. The molecule has 0 amide bonds. The molecule has 3 rings (SSSR count). The average Bonchev–Trinajstić information content (AvgIpc) is 2.77. The second kappa shape index (κ2) is 11.4. The summed E-state index contributed by atoms with van der Waals surface area (Å²) in [6, 6.07) is -0.499. The van der Waals surface area contributed by atoms with Crippen LogP contribution in [0.5, 0.6) is 0 Å². The third-order valence-corrected chi connectivity index (χ3v) is 10.6. The standard InChI is InChI=1S/C23H36F7NO3S/c1-2-31(35(32,33)18-9-3-6-15(12-18)22(25,26)27)16-7-4-8-17(13-16)34-14-19-20(23(28,29)30)10-5-11-21(19)24/h15-21H,2-14H2,1H3. The molecule has 12 heteroatoms. The summed E-state index contributed by atoms with van der Waals surface area (Å²) in [4.78, 5) is 0. The molecule has 0 spiro atoms. The lowest BCUT2D eigenvalue weighted by Crippen LogP contribution is -2.49. The minimum Gasteiger partial charge on any atom is -0.378 e. The van der Waals surface area contributed by atoms with Crippen molar-refractivity contribution < 1.29 is 43.9 Å². The highest BCUT2D eigenvalue weighted by molar-refractivity contribution is 7.89. The molecule has 0 aromatic heterocycles. The van der Waals surface area contributed by atoms with Crippen molar-refractivity contribution in [3.8, 4) is 0 Å². The van der Waals surface area contributed by atoms with Gasteiger partial charge < -0.3 is 4.74 Å². The maximum absolute atomic E-state index is 14.4. The Morgan fingerprint density at radius 2 is 1.51 bits per heavy atom. The Balaban J connectivity index is 1.64. The van der Waals surface area contributed by atoms with Crippen LogP contribution in [0, 0.1) is 17.8 Å². The fraction of sp³-hybridized carbons (Fsp3) is 1.00. The first-order valence-corrected chi connectivity index (χ1v) is 14.1. The molecule has 0 bridgehead atoms. The first kappa shape index (κ1) is 28.9. The maximum Gasteiger partial charge on any atom is 0.392 e. The molecule has 3 saturated carbocycles. The highest BCUT2D eigenvalue weighted by atomic mass is 32.2. The van der Waals surface area contributed by atoms with Gasteiger partial charge >= 0.3 is 12.4 Å². The summed E-state index contributed by atoms with van der Waals surface area (Å²) < 4.78 is 128. The summed E-state index contributed by atoms with van der Waals surface area (Å²) in [6.45, 7) is 1.35. The van der Waals surface area contributed by atoms with Gasteiger partial charge in [0, 0.05) is 18.5 Å². The summed E-state index contributed by atoms with van der Waals surface area (Å²) in [5.41, 5.74) is 0. The zero-order valence-electron chi connectivity index (χ0n) is 20.0. The van der Waals surface area contributed by atoms with Gasteiger partial charge in [0.05, 0.1) is 29.8 Å². The van der Waals surface area contributed by atoms with Crippen molar-refractivity contribution in [1.82, 2.24) is 4.31 Å². The van der Waals surface area contributed by atoms with E-state index in [4.69, 9.17) is 4.74 Å². The minimum atomic E-state index is -4.50. The van der Waals surface area contributed by atoms with E-state index in [-0.39, 0.29) is 58.1 Å². The van der Waals surface area contributed by atoms with Crippen LogP contribution in [-0.2, 0) is 14.8 Å². The Morgan fingerprint density at radius 3 is 2.14 bits per heavy atom. The highest BCUT2D eigenvalue weighted by Gasteiger charge is 2.50. The summed E-state index contributed by atoms with van der Waals surface area (Å²) >= 11 is 0. The first-order chi connectivity index (χ1) is 16.2. The van der Waals surface area contributed by atoms with Crippen LogP contribution in [-0.4, -0.2) is 61.8 Å². The van der Waals surface area contributed by atoms with E-state index in [0.717, 1.165) is 0 Å². The van der Waals surface area contributed by atoms with Crippen molar-refractivity contribution in [3.05, 3.63) is 0 Å². The molecule has 0 radical (unpaired) electrons. The van der Waals surface area contributed by atoms with Gasteiger partial charge in [0.15, 0.2) is 0 Å². The number of sulfonamides is 1. The van der Waals surface area contributed by atoms with Crippen LogP contribution < -0.4 is 0 Å². The van der Waals surface area contributed by atoms with Crippen LogP contribution in [0.1, 0.15) is 77.6 Å². The second-order valence-electron chi connectivity index (χ2n) is 10.3. The van der Waals surface area contributed by atoms with E-state index < -0.39 is 70.1 Å². The lowest BCUT2D eigenvalue weighted by atomic mass is 9.78. The van der Waals surface area contributed by atoms with E-state index in [1.807, 2.05) is 0 Å². The SMILES string of the molecule is CCN(C1CCCC(OCC2C(F)CCCC2C(F)(F)F)C1)S(=O)(=O)C1CCCC(C(F)(F)F)C1. The molecule has 0 aliphatic heterocycles. The maximum atomic E-state index is 14.4. The van der Waals surface area contributed by atoms with Gasteiger partial charge in [-0.3, -0.25) is 0 Å². The Hall–Kier alpha value is -0.620. The first-order valence-electron chi connectivity index (χ1n) is 12.6. The fourth-order valence-electron chi connectivity index (χ4n) is 6.17. The Morgan fingerprint density at radius 1 is 0.857 bits per heavy atom. The molecule has 0 heterocycles. The summed E-state index contributed by atoms with van der Waals surface area (Å²) in [5.74, 6) is -4.68. The van der Waals surface area contributed by atoms with Crippen LogP contribution in [0.15, 0.2) is 0 Å². The van der Waals surface area contributed by atoms with Crippen molar-refractivity contribution in [3.63, 3.8) is 0 Å².